The van der Waals surface area contributed by atoms with E-state index in [0.717, 1.165) is 4.31 Å². The van der Waals surface area contributed by atoms with Crippen molar-refractivity contribution in [1.29, 1.82) is 0 Å². The van der Waals surface area contributed by atoms with Crippen LogP contribution in [0.25, 0.3) is 0 Å². The molecule has 144 valence electrons. The predicted molar refractivity (Wildman–Crippen MR) is 103 cm³/mol. The van der Waals surface area contributed by atoms with Gasteiger partial charge in [0, 0.05) is 25.3 Å². The van der Waals surface area contributed by atoms with Crippen LogP contribution in [0.2, 0.25) is 0 Å². The summed E-state index contributed by atoms with van der Waals surface area (Å²) < 4.78 is 31.2. The van der Waals surface area contributed by atoms with E-state index < -0.39 is 15.9 Å². The van der Waals surface area contributed by atoms with Gasteiger partial charge in [-0.2, -0.15) is 0 Å². The standard InChI is InChI=1S/C19H22N2O5S/c1-13-5-8-16(11-18(13)27(24,25)21(3)4)20-19(23)12-26-17-9-6-15(7-10-17)14(2)22/h5-11H,12H2,1-4H3,(H,20,23). The van der Waals surface area contributed by atoms with E-state index in [4.69, 9.17) is 4.74 Å². The fraction of sp³-hybridized carbons (Fsp3) is 0.263. The maximum atomic E-state index is 12.3. The molecule has 0 saturated heterocycles. The molecule has 2 rings (SSSR count). The number of sulfonamides is 1. The molecule has 0 fully saturated rings. The third-order valence-electron chi connectivity index (χ3n) is 3.86. The first-order chi connectivity index (χ1) is 12.6. The summed E-state index contributed by atoms with van der Waals surface area (Å²) in [4.78, 5) is 23.5. The van der Waals surface area contributed by atoms with Crippen LogP contribution in [0.15, 0.2) is 47.4 Å². The Morgan fingerprint density at radius 1 is 1.07 bits per heavy atom. The van der Waals surface area contributed by atoms with Crippen molar-refractivity contribution in [2.75, 3.05) is 26.0 Å². The topological polar surface area (TPSA) is 92.8 Å². The van der Waals surface area contributed by atoms with Crippen LogP contribution in [-0.4, -0.2) is 45.1 Å². The summed E-state index contributed by atoms with van der Waals surface area (Å²) >= 11 is 0. The average molecular weight is 390 g/mol. The number of carbonyl (C=O) groups is 2. The quantitative estimate of drug-likeness (QED) is 0.733. The zero-order valence-corrected chi connectivity index (χ0v) is 16.5. The number of carbonyl (C=O) groups excluding carboxylic acids is 2. The molecule has 0 bridgehead atoms. The molecule has 0 spiro atoms. The number of ether oxygens (including phenoxy) is 1. The molecule has 0 aromatic heterocycles. The molecule has 0 radical (unpaired) electrons. The highest BCUT2D eigenvalue weighted by molar-refractivity contribution is 7.89. The largest absolute Gasteiger partial charge is 0.484 e. The van der Waals surface area contributed by atoms with Crippen LogP contribution in [0.1, 0.15) is 22.8 Å². The van der Waals surface area contributed by atoms with E-state index in [1.807, 2.05) is 0 Å². The number of hydrogen-bond donors (Lipinski definition) is 1. The van der Waals surface area contributed by atoms with Crippen molar-refractivity contribution in [1.82, 2.24) is 4.31 Å². The molecule has 0 atom stereocenters. The van der Waals surface area contributed by atoms with E-state index in [0.29, 0.717) is 22.6 Å². The summed E-state index contributed by atoms with van der Waals surface area (Å²) in [6.45, 7) is 2.91. The highest BCUT2D eigenvalue weighted by Gasteiger charge is 2.20. The van der Waals surface area contributed by atoms with Crippen LogP contribution >= 0.6 is 0 Å². The molecule has 0 heterocycles. The zero-order chi connectivity index (χ0) is 20.2. The Kier molecular flexibility index (Phi) is 6.35. The summed E-state index contributed by atoms with van der Waals surface area (Å²) in [7, 11) is -0.710. The Balaban J connectivity index is 2.04. The third kappa shape index (κ3) is 5.15. The molecule has 0 unspecified atom stereocenters. The van der Waals surface area contributed by atoms with Crippen molar-refractivity contribution in [2.45, 2.75) is 18.7 Å². The highest BCUT2D eigenvalue weighted by Crippen LogP contribution is 2.22. The summed E-state index contributed by atoms with van der Waals surface area (Å²) in [5.41, 5.74) is 1.51. The van der Waals surface area contributed by atoms with E-state index in [2.05, 4.69) is 5.32 Å². The van der Waals surface area contributed by atoms with Gasteiger partial charge in [0.25, 0.3) is 5.91 Å². The monoisotopic (exact) mass is 390 g/mol. The van der Waals surface area contributed by atoms with Gasteiger partial charge in [-0.1, -0.05) is 6.07 Å². The minimum absolute atomic E-state index is 0.0536. The van der Waals surface area contributed by atoms with E-state index in [1.165, 1.54) is 27.1 Å². The molecule has 0 aliphatic heterocycles. The van der Waals surface area contributed by atoms with Gasteiger partial charge in [0.05, 0.1) is 4.90 Å². The van der Waals surface area contributed by atoms with Crippen LogP contribution in [0.4, 0.5) is 5.69 Å². The lowest BCUT2D eigenvalue weighted by molar-refractivity contribution is -0.118. The average Bonchev–Trinajstić information content (AvgIpc) is 2.61. The number of hydrogen-bond acceptors (Lipinski definition) is 5. The van der Waals surface area contributed by atoms with Crippen LogP contribution in [0, 0.1) is 6.92 Å². The normalized spacial score (nSPS) is 11.3. The first-order valence-electron chi connectivity index (χ1n) is 8.18. The molecular weight excluding hydrogens is 368 g/mol. The first-order valence-corrected chi connectivity index (χ1v) is 9.62. The summed E-state index contributed by atoms with van der Waals surface area (Å²) in [6, 6.07) is 11.1. The second kappa shape index (κ2) is 8.32. The molecular formula is C19H22N2O5S. The Bertz CT molecular complexity index is 951. The highest BCUT2D eigenvalue weighted by atomic mass is 32.2. The molecule has 0 aliphatic rings. The molecule has 0 aliphatic carbocycles. The second-order valence-electron chi connectivity index (χ2n) is 6.19. The number of anilines is 1. The van der Waals surface area contributed by atoms with Crippen molar-refractivity contribution in [3.8, 4) is 5.75 Å². The number of Topliss-reactive ketones (excluding diaryl/α,β-unsaturated/α-hetero) is 1. The molecule has 1 N–H and O–H groups in total. The minimum Gasteiger partial charge on any atom is -0.484 e. The summed E-state index contributed by atoms with van der Waals surface area (Å²) in [6.07, 6.45) is 0. The molecule has 27 heavy (non-hydrogen) atoms. The van der Waals surface area contributed by atoms with Gasteiger partial charge in [-0.3, -0.25) is 9.59 Å². The van der Waals surface area contributed by atoms with Gasteiger partial charge in [0.1, 0.15) is 5.75 Å². The smallest absolute Gasteiger partial charge is 0.262 e. The Morgan fingerprint density at radius 3 is 2.26 bits per heavy atom. The van der Waals surface area contributed by atoms with E-state index in [1.54, 1.807) is 43.3 Å². The van der Waals surface area contributed by atoms with Crippen LogP contribution in [0.3, 0.4) is 0 Å². The van der Waals surface area contributed by atoms with E-state index >= 15 is 0 Å². The number of nitrogens with one attached hydrogen (secondary N) is 1. The van der Waals surface area contributed by atoms with E-state index in [-0.39, 0.29) is 17.3 Å². The Morgan fingerprint density at radius 2 is 1.70 bits per heavy atom. The van der Waals surface area contributed by atoms with Crippen LogP contribution in [-0.2, 0) is 14.8 Å². The second-order valence-corrected chi connectivity index (χ2v) is 8.31. The third-order valence-corrected chi connectivity index (χ3v) is 5.82. The number of benzene rings is 2. The van der Waals surface area contributed by atoms with Crippen molar-refractivity contribution in [2.24, 2.45) is 0 Å². The van der Waals surface area contributed by atoms with Crippen LogP contribution in [0.5, 0.6) is 5.75 Å². The zero-order valence-electron chi connectivity index (χ0n) is 15.6. The SMILES string of the molecule is CC(=O)c1ccc(OCC(=O)Nc2ccc(C)c(S(=O)(=O)N(C)C)c2)cc1. The van der Waals surface area contributed by atoms with Crippen molar-refractivity contribution in [3.05, 3.63) is 53.6 Å². The molecule has 1 amide bonds. The fourth-order valence-corrected chi connectivity index (χ4v) is 3.43. The molecule has 7 nitrogen and oxygen atoms in total. The number of amides is 1. The maximum absolute atomic E-state index is 12.3. The molecule has 2 aromatic carbocycles. The summed E-state index contributed by atoms with van der Waals surface area (Å²) in [5.74, 6) is -0.0280. The van der Waals surface area contributed by atoms with E-state index in [9.17, 15) is 18.0 Å². The lowest BCUT2D eigenvalue weighted by atomic mass is 10.1. The molecule has 2 aromatic rings. The van der Waals surface area contributed by atoms with Crippen molar-refractivity contribution < 1.29 is 22.7 Å². The summed E-state index contributed by atoms with van der Waals surface area (Å²) in [5, 5.41) is 2.62. The Hall–Kier alpha value is -2.71. The van der Waals surface area contributed by atoms with Crippen molar-refractivity contribution >= 4 is 27.4 Å². The van der Waals surface area contributed by atoms with Crippen LogP contribution < -0.4 is 10.1 Å². The number of rotatable bonds is 7. The van der Waals surface area contributed by atoms with Gasteiger partial charge in [-0.05, 0) is 55.8 Å². The molecule has 0 saturated carbocycles. The number of nitrogens with zero attached hydrogens (tertiary/aromatic N) is 1. The molecule has 8 heteroatoms. The van der Waals surface area contributed by atoms with Gasteiger partial charge in [0.2, 0.25) is 10.0 Å². The van der Waals surface area contributed by atoms with Gasteiger partial charge < -0.3 is 10.1 Å². The van der Waals surface area contributed by atoms with Gasteiger partial charge in [0.15, 0.2) is 12.4 Å². The first kappa shape index (κ1) is 20.6. The number of ketones is 1. The Labute approximate surface area is 159 Å². The predicted octanol–water partition coefficient (Wildman–Crippen LogP) is 2.47. The fourth-order valence-electron chi connectivity index (χ4n) is 2.28. The lowest BCUT2D eigenvalue weighted by Crippen LogP contribution is -2.24. The van der Waals surface area contributed by atoms with Gasteiger partial charge >= 0.3 is 0 Å². The van der Waals surface area contributed by atoms with Gasteiger partial charge in [-0.15, -0.1) is 0 Å². The minimum atomic E-state index is -3.61. The van der Waals surface area contributed by atoms with Crippen molar-refractivity contribution in [3.63, 3.8) is 0 Å². The number of aryl methyl sites for hydroxylation is 1. The van der Waals surface area contributed by atoms with Gasteiger partial charge in [-0.25, -0.2) is 12.7 Å². The maximum Gasteiger partial charge on any atom is 0.262 e. The lowest BCUT2D eigenvalue weighted by Gasteiger charge is -2.15.